The number of fused-ring (bicyclic) bond motifs is 2. The number of hydrogen-bond donors (Lipinski definition) is 0. The van der Waals surface area contributed by atoms with Gasteiger partial charge in [0.2, 0.25) is 5.95 Å². The van der Waals surface area contributed by atoms with Crippen molar-refractivity contribution in [1.29, 1.82) is 0 Å². The minimum Gasteiger partial charge on any atom is -0.305 e. The number of aromatic nitrogens is 8. The van der Waals surface area contributed by atoms with Crippen LogP contribution >= 0.6 is 0 Å². The van der Waals surface area contributed by atoms with E-state index < -0.39 is 0 Å². The smallest absolute Gasteiger partial charge is 0.238 e. The maximum Gasteiger partial charge on any atom is 0.238 e. The summed E-state index contributed by atoms with van der Waals surface area (Å²) in [4.78, 5) is 47.0. The summed E-state index contributed by atoms with van der Waals surface area (Å²) < 4.78 is 0. The van der Waals surface area contributed by atoms with Gasteiger partial charge in [-0.2, -0.15) is 9.97 Å². The molecule has 0 amide bonds. The molecule has 0 N–H and O–H groups in total. The van der Waals surface area contributed by atoms with Crippen molar-refractivity contribution in [2.45, 2.75) is 0 Å². The Balaban J connectivity index is 1.07. The van der Waals surface area contributed by atoms with Crippen molar-refractivity contribution in [3.05, 3.63) is 279 Å². The second kappa shape index (κ2) is 20.8. The molecule has 0 atom stereocenters. The Hall–Kier alpha value is -11.1. The SMILES string of the molecule is c1ccc(-c2cc(-c3cc(-c4ccccc4)c(N4c5ccccc5N(c5nc(-c6ccccc6)nc(-c6ccccc6)n5)c5ccccc54)c(-c4nc(-c5ccccc5)nc(-c5ccccc5)n4)c3)nc(-c3ccccc3)n2)cc1. The van der Waals surface area contributed by atoms with Gasteiger partial charge in [-0.25, -0.2) is 29.9 Å². The van der Waals surface area contributed by atoms with Crippen LogP contribution in [-0.2, 0) is 0 Å². The number of rotatable bonds is 11. The van der Waals surface area contributed by atoms with Crippen LogP contribution in [0.25, 0.3) is 102 Å². The highest BCUT2D eigenvalue weighted by Gasteiger charge is 2.36. The molecule has 0 unspecified atom stereocenters. The predicted octanol–water partition coefficient (Wildman–Crippen LogP) is 17.1. The summed E-state index contributed by atoms with van der Waals surface area (Å²) >= 11 is 0. The highest BCUT2D eigenvalue weighted by Crippen LogP contribution is 2.57. The fourth-order valence-electron chi connectivity index (χ4n) is 10.3. The minimum atomic E-state index is 0.473. The van der Waals surface area contributed by atoms with Gasteiger partial charge >= 0.3 is 0 Å². The molecule has 376 valence electrons. The van der Waals surface area contributed by atoms with Gasteiger partial charge in [-0.1, -0.05) is 237 Å². The van der Waals surface area contributed by atoms with E-state index in [1.54, 1.807) is 0 Å². The molecule has 0 saturated heterocycles. The van der Waals surface area contributed by atoms with Crippen molar-refractivity contribution >= 4 is 34.4 Å². The fourth-order valence-corrected chi connectivity index (χ4v) is 10.3. The van der Waals surface area contributed by atoms with E-state index in [1.807, 2.05) is 164 Å². The Labute approximate surface area is 462 Å². The highest BCUT2D eigenvalue weighted by molar-refractivity contribution is 6.07. The molecule has 0 spiro atoms. The Morgan fingerprint density at radius 2 is 0.487 bits per heavy atom. The van der Waals surface area contributed by atoms with Gasteiger partial charge < -0.3 is 4.90 Å². The molecule has 3 aromatic heterocycles. The second-order valence-corrected chi connectivity index (χ2v) is 19.2. The first-order valence-corrected chi connectivity index (χ1v) is 26.4. The Morgan fingerprint density at radius 3 is 0.887 bits per heavy atom. The van der Waals surface area contributed by atoms with Gasteiger partial charge in [-0.3, -0.25) is 4.90 Å². The van der Waals surface area contributed by atoms with Gasteiger partial charge in [-0.15, -0.1) is 0 Å². The molecule has 10 aromatic carbocycles. The number of benzene rings is 10. The van der Waals surface area contributed by atoms with Gasteiger partial charge in [0.15, 0.2) is 34.9 Å². The summed E-state index contributed by atoms with van der Waals surface area (Å²) in [6.07, 6.45) is 0. The summed E-state index contributed by atoms with van der Waals surface area (Å²) in [5.74, 6) is 3.75. The van der Waals surface area contributed by atoms with Gasteiger partial charge in [-0.05, 0) is 48.0 Å². The van der Waals surface area contributed by atoms with Crippen molar-refractivity contribution in [2.24, 2.45) is 0 Å². The largest absolute Gasteiger partial charge is 0.305 e. The lowest BCUT2D eigenvalue weighted by atomic mass is 9.92. The first-order chi connectivity index (χ1) is 39.7. The minimum absolute atomic E-state index is 0.473. The van der Waals surface area contributed by atoms with E-state index in [9.17, 15) is 0 Å². The first kappa shape index (κ1) is 47.4. The topological polar surface area (TPSA) is 110 Å². The third-order valence-corrected chi connectivity index (χ3v) is 14.1. The molecule has 0 radical (unpaired) electrons. The number of anilines is 6. The number of hydrogen-bond acceptors (Lipinski definition) is 10. The number of para-hydroxylation sites is 4. The molecule has 10 heteroatoms. The maximum atomic E-state index is 5.49. The van der Waals surface area contributed by atoms with Crippen LogP contribution in [0, 0.1) is 0 Å². The first-order valence-electron chi connectivity index (χ1n) is 26.4. The van der Waals surface area contributed by atoms with Crippen molar-refractivity contribution in [2.75, 3.05) is 9.80 Å². The lowest BCUT2D eigenvalue weighted by molar-refractivity contribution is 1.01. The van der Waals surface area contributed by atoms with Crippen LogP contribution in [0.1, 0.15) is 0 Å². The Bertz CT molecular complexity index is 4120. The Morgan fingerprint density at radius 1 is 0.200 bits per heavy atom. The van der Waals surface area contributed by atoms with Crippen LogP contribution in [-0.4, -0.2) is 39.9 Å². The van der Waals surface area contributed by atoms with Crippen LogP contribution in [0.2, 0.25) is 0 Å². The van der Waals surface area contributed by atoms with Gasteiger partial charge in [0, 0.05) is 50.1 Å². The van der Waals surface area contributed by atoms with E-state index in [1.165, 1.54) is 0 Å². The van der Waals surface area contributed by atoms with Gasteiger partial charge in [0.1, 0.15) is 0 Å². The summed E-state index contributed by atoms with van der Waals surface area (Å²) in [5.41, 5.74) is 14.6. The van der Waals surface area contributed by atoms with Crippen molar-refractivity contribution < 1.29 is 0 Å². The average molecular weight is 1030 g/mol. The molecule has 0 bridgehead atoms. The third-order valence-electron chi connectivity index (χ3n) is 14.1. The predicted molar refractivity (Wildman–Crippen MR) is 321 cm³/mol. The fraction of sp³-hybridized carbons (Fsp3) is 0. The molecule has 0 aliphatic carbocycles. The molecular formula is C70H46N10. The summed E-state index contributed by atoms with van der Waals surface area (Å²) in [7, 11) is 0. The quantitative estimate of drug-likeness (QED) is 0.124. The van der Waals surface area contributed by atoms with Crippen LogP contribution in [0.3, 0.4) is 0 Å². The van der Waals surface area contributed by atoms with Crippen LogP contribution in [0.15, 0.2) is 279 Å². The van der Waals surface area contributed by atoms with Crippen LogP contribution in [0.4, 0.5) is 34.4 Å². The summed E-state index contributed by atoms with van der Waals surface area (Å²) in [6.45, 7) is 0. The molecular weight excluding hydrogens is 981 g/mol. The van der Waals surface area contributed by atoms with Gasteiger partial charge in [0.25, 0.3) is 0 Å². The molecule has 14 rings (SSSR count). The van der Waals surface area contributed by atoms with E-state index in [-0.39, 0.29) is 0 Å². The molecule has 10 nitrogen and oxygen atoms in total. The third kappa shape index (κ3) is 9.08. The van der Waals surface area contributed by atoms with E-state index in [4.69, 9.17) is 39.9 Å². The molecule has 0 fully saturated rings. The standard InChI is InChI=1S/C70H46N10/c1-8-26-47(27-9-1)55-44-54(58-46-57(48-28-10-2-11-29-48)71-64(72-58)49-30-12-3-13-31-49)45-56(69-75-65(50-32-14-4-15-33-50)73-66(76-69)51-34-16-5-17-35-51)63(55)79-59-40-22-24-42-61(59)80(62-43-25-23-41-60(62)79)70-77-67(52-36-18-6-19-37-52)74-68(78-70)53-38-20-7-21-39-53/h1-46H. The normalized spacial score (nSPS) is 11.7. The van der Waals surface area contributed by atoms with Crippen molar-refractivity contribution in [3.63, 3.8) is 0 Å². The highest BCUT2D eigenvalue weighted by atomic mass is 15.3. The lowest BCUT2D eigenvalue weighted by Crippen LogP contribution is -2.26. The van der Waals surface area contributed by atoms with Crippen molar-refractivity contribution in [3.8, 4) is 102 Å². The Kier molecular flexibility index (Phi) is 12.3. The van der Waals surface area contributed by atoms with Crippen LogP contribution < -0.4 is 9.80 Å². The van der Waals surface area contributed by atoms with Gasteiger partial charge in [0.05, 0.1) is 39.8 Å². The lowest BCUT2D eigenvalue weighted by Gasteiger charge is -2.40. The zero-order valence-corrected chi connectivity index (χ0v) is 43.0. The molecule has 13 aromatic rings. The van der Waals surface area contributed by atoms with E-state index in [0.29, 0.717) is 40.9 Å². The monoisotopic (exact) mass is 1030 g/mol. The molecule has 80 heavy (non-hydrogen) atoms. The summed E-state index contributed by atoms with van der Waals surface area (Å²) in [6, 6.07) is 94.6. The number of nitrogens with zero attached hydrogens (tertiary/aromatic N) is 10. The zero-order chi connectivity index (χ0) is 53.2. The second-order valence-electron chi connectivity index (χ2n) is 19.2. The maximum absolute atomic E-state index is 5.49. The van der Waals surface area contributed by atoms with Crippen molar-refractivity contribution in [1.82, 2.24) is 39.9 Å². The molecule has 4 heterocycles. The molecule has 1 aliphatic heterocycles. The van der Waals surface area contributed by atoms with Crippen LogP contribution in [0.5, 0.6) is 0 Å². The summed E-state index contributed by atoms with van der Waals surface area (Å²) in [5, 5.41) is 0. The molecule has 0 saturated carbocycles. The van der Waals surface area contributed by atoms with E-state index in [2.05, 4.69) is 125 Å². The molecule has 1 aliphatic rings. The van der Waals surface area contributed by atoms with E-state index in [0.717, 1.165) is 95.5 Å². The van der Waals surface area contributed by atoms with E-state index >= 15 is 0 Å². The zero-order valence-electron chi connectivity index (χ0n) is 43.0. The average Bonchev–Trinajstić information content (AvgIpc) is 3.58.